The Bertz CT molecular complexity index is 408. The molecule has 5 heteroatoms. The molecule has 1 aromatic heterocycles. The number of hydrogen-bond donors (Lipinski definition) is 1. The van der Waals surface area contributed by atoms with Crippen LogP contribution in [0, 0.1) is 0 Å². The van der Waals surface area contributed by atoms with Crippen molar-refractivity contribution >= 4 is 17.0 Å². The SMILES string of the molecule is c1scc2c1CN(C13CC[N]C(C1)O3)CN2. The fourth-order valence-electron chi connectivity index (χ4n) is 2.86. The van der Waals surface area contributed by atoms with Gasteiger partial charge in [-0.1, -0.05) is 0 Å². The van der Waals surface area contributed by atoms with Gasteiger partial charge in [0.2, 0.25) is 0 Å². The van der Waals surface area contributed by atoms with Crippen LogP contribution in [0.4, 0.5) is 5.69 Å². The second-order valence-electron chi connectivity index (χ2n) is 4.72. The lowest BCUT2D eigenvalue weighted by Crippen LogP contribution is -2.69. The molecule has 4 aliphatic heterocycles. The maximum Gasteiger partial charge on any atom is 0.130 e. The molecule has 1 N–H and O–H groups in total. The average Bonchev–Trinajstić information content (AvgIpc) is 2.75. The van der Waals surface area contributed by atoms with E-state index in [1.807, 2.05) is 0 Å². The van der Waals surface area contributed by atoms with Gasteiger partial charge in [-0.05, 0) is 5.38 Å². The van der Waals surface area contributed by atoms with Gasteiger partial charge in [-0.25, -0.2) is 5.32 Å². The maximum absolute atomic E-state index is 5.92. The van der Waals surface area contributed by atoms with Crippen LogP contribution in [0.1, 0.15) is 18.4 Å². The fraction of sp³-hybridized carbons (Fsp3) is 0.636. The molecule has 3 saturated heterocycles. The minimum Gasteiger partial charge on any atom is -0.371 e. The van der Waals surface area contributed by atoms with Gasteiger partial charge < -0.3 is 10.1 Å². The highest BCUT2D eigenvalue weighted by atomic mass is 32.1. The molecule has 4 nitrogen and oxygen atoms in total. The zero-order valence-electron chi connectivity index (χ0n) is 8.98. The Hall–Kier alpha value is -0.620. The molecule has 2 atom stereocenters. The standard InChI is InChI=1S/C11H14N3OS/c1-2-12-10-3-11(1,15-10)14-4-8-5-16-6-9(8)13-7-14/h5-6,10,13H,1-4,7H2. The highest BCUT2D eigenvalue weighted by Crippen LogP contribution is 2.43. The van der Waals surface area contributed by atoms with Crippen molar-refractivity contribution in [3.8, 4) is 0 Å². The van der Waals surface area contributed by atoms with E-state index >= 15 is 0 Å². The third-order valence-electron chi connectivity index (χ3n) is 3.82. The molecule has 16 heavy (non-hydrogen) atoms. The van der Waals surface area contributed by atoms with E-state index in [4.69, 9.17) is 4.74 Å². The summed E-state index contributed by atoms with van der Waals surface area (Å²) in [6, 6.07) is 0. The molecule has 1 radical (unpaired) electrons. The molecule has 5 heterocycles. The highest BCUT2D eigenvalue weighted by Gasteiger charge is 2.53. The van der Waals surface area contributed by atoms with Crippen LogP contribution >= 0.6 is 11.3 Å². The Morgan fingerprint density at radius 3 is 3.31 bits per heavy atom. The molecule has 0 aliphatic carbocycles. The molecule has 85 valence electrons. The number of rotatable bonds is 1. The van der Waals surface area contributed by atoms with Gasteiger partial charge in [0.05, 0.1) is 12.4 Å². The molecule has 3 fully saturated rings. The van der Waals surface area contributed by atoms with Gasteiger partial charge in [0.1, 0.15) is 12.0 Å². The molecule has 0 saturated carbocycles. The Morgan fingerprint density at radius 1 is 1.56 bits per heavy atom. The molecule has 0 spiro atoms. The van der Waals surface area contributed by atoms with Crippen LogP contribution in [-0.2, 0) is 11.3 Å². The maximum atomic E-state index is 5.92. The van der Waals surface area contributed by atoms with E-state index < -0.39 is 0 Å². The molecule has 1 aromatic rings. The van der Waals surface area contributed by atoms with Crippen molar-refractivity contribution in [3.63, 3.8) is 0 Å². The smallest absolute Gasteiger partial charge is 0.130 e. The summed E-state index contributed by atoms with van der Waals surface area (Å²) in [7, 11) is 0. The van der Waals surface area contributed by atoms with Crippen LogP contribution in [0.3, 0.4) is 0 Å². The summed E-state index contributed by atoms with van der Waals surface area (Å²) in [6.45, 7) is 2.87. The van der Waals surface area contributed by atoms with E-state index in [0.29, 0.717) is 0 Å². The normalized spacial score (nSPS) is 37.4. The van der Waals surface area contributed by atoms with Crippen molar-refractivity contribution in [2.75, 3.05) is 18.5 Å². The van der Waals surface area contributed by atoms with Gasteiger partial charge >= 0.3 is 0 Å². The molecular formula is C11H14N3OS. The molecule has 5 rings (SSSR count). The second kappa shape index (κ2) is 3.20. The van der Waals surface area contributed by atoms with Crippen LogP contribution in [-0.4, -0.2) is 30.1 Å². The zero-order chi connectivity index (χ0) is 10.6. The summed E-state index contributed by atoms with van der Waals surface area (Å²) in [6.07, 6.45) is 2.30. The summed E-state index contributed by atoms with van der Waals surface area (Å²) < 4.78 is 5.92. The first-order valence-electron chi connectivity index (χ1n) is 5.74. The average molecular weight is 236 g/mol. The van der Waals surface area contributed by atoms with Gasteiger partial charge in [-0.15, -0.1) is 11.3 Å². The summed E-state index contributed by atoms with van der Waals surface area (Å²) in [5.74, 6) is 0. The zero-order valence-corrected chi connectivity index (χ0v) is 9.80. The van der Waals surface area contributed by atoms with Crippen LogP contribution in [0.15, 0.2) is 10.8 Å². The Labute approximate surface area is 98.6 Å². The first kappa shape index (κ1) is 9.41. The monoisotopic (exact) mass is 236 g/mol. The predicted octanol–water partition coefficient (Wildman–Crippen LogP) is 1.38. The van der Waals surface area contributed by atoms with Gasteiger partial charge in [0.15, 0.2) is 0 Å². The lowest BCUT2D eigenvalue weighted by atomic mass is 9.91. The topological polar surface area (TPSA) is 38.6 Å². The molecule has 4 aliphatic rings. The lowest BCUT2D eigenvalue weighted by Gasteiger charge is -2.57. The largest absolute Gasteiger partial charge is 0.371 e. The number of ether oxygens (including phenoxy) is 1. The van der Waals surface area contributed by atoms with Gasteiger partial charge in [-0.2, -0.15) is 0 Å². The molecule has 0 aromatic carbocycles. The number of thiophene rings is 1. The molecule has 2 unspecified atom stereocenters. The third-order valence-corrected chi connectivity index (χ3v) is 4.62. The number of piperidine rings is 1. The molecule has 2 bridgehead atoms. The predicted molar refractivity (Wildman–Crippen MR) is 62.2 cm³/mol. The van der Waals surface area contributed by atoms with E-state index in [0.717, 1.165) is 32.6 Å². The summed E-state index contributed by atoms with van der Waals surface area (Å²) in [5, 5.41) is 12.3. The molecular weight excluding hydrogens is 222 g/mol. The van der Waals surface area contributed by atoms with Crippen LogP contribution in [0.5, 0.6) is 0 Å². The van der Waals surface area contributed by atoms with Gasteiger partial charge in [-0.3, -0.25) is 4.90 Å². The number of nitrogens with zero attached hydrogens (tertiary/aromatic N) is 2. The van der Waals surface area contributed by atoms with Crippen LogP contribution in [0.25, 0.3) is 0 Å². The van der Waals surface area contributed by atoms with E-state index in [9.17, 15) is 0 Å². The minimum absolute atomic E-state index is 0.0148. The number of hydrogen-bond acceptors (Lipinski definition) is 4. The van der Waals surface area contributed by atoms with E-state index in [2.05, 4.69) is 26.3 Å². The number of anilines is 1. The van der Waals surface area contributed by atoms with Crippen molar-refractivity contribution in [1.82, 2.24) is 10.2 Å². The van der Waals surface area contributed by atoms with Gasteiger partial charge in [0.25, 0.3) is 0 Å². The van der Waals surface area contributed by atoms with Crippen molar-refractivity contribution in [2.24, 2.45) is 0 Å². The van der Waals surface area contributed by atoms with Crippen molar-refractivity contribution in [3.05, 3.63) is 16.3 Å². The van der Waals surface area contributed by atoms with Crippen molar-refractivity contribution in [1.29, 1.82) is 0 Å². The first-order chi connectivity index (χ1) is 7.86. The Kier molecular flexibility index (Phi) is 1.88. The minimum atomic E-state index is -0.0148. The Morgan fingerprint density at radius 2 is 2.50 bits per heavy atom. The number of fused-ring (bicyclic) bond motifs is 3. The first-order valence-corrected chi connectivity index (χ1v) is 6.68. The van der Waals surface area contributed by atoms with Gasteiger partial charge in [0, 0.05) is 36.9 Å². The quantitative estimate of drug-likeness (QED) is 0.800. The van der Waals surface area contributed by atoms with Crippen molar-refractivity contribution < 1.29 is 4.74 Å². The second-order valence-corrected chi connectivity index (χ2v) is 5.47. The van der Waals surface area contributed by atoms with Crippen LogP contribution < -0.4 is 10.6 Å². The third kappa shape index (κ3) is 1.20. The van der Waals surface area contributed by atoms with E-state index in [-0.39, 0.29) is 12.0 Å². The van der Waals surface area contributed by atoms with E-state index in [1.165, 1.54) is 11.3 Å². The fourth-order valence-corrected chi connectivity index (χ4v) is 3.66. The lowest BCUT2D eigenvalue weighted by molar-refractivity contribution is -0.316. The van der Waals surface area contributed by atoms with Crippen molar-refractivity contribution in [2.45, 2.75) is 31.3 Å². The Balaban J connectivity index is 1.58. The molecule has 0 amide bonds. The number of nitrogens with one attached hydrogen (secondary N) is 1. The summed E-state index contributed by atoms with van der Waals surface area (Å²) in [4.78, 5) is 2.42. The summed E-state index contributed by atoms with van der Waals surface area (Å²) >= 11 is 1.77. The summed E-state index contributed by atoms with van der Waals surface area (Å²) in [5.41, 5.74) is 2.69. The van der Waals surface area contributed by atoms with E-state index in [1.54, 1.807) is 11.3 Å². The highest BCUT2D eigenvalue weighted by molar-refractivity contribution is 7.08. The van der Waals surface area contributed by atoms with Crippen LogP contribution in [0.2, 0.25) is 0 Å².